The number of benzene rings is 1. The summed E-state index contributed by atoms with van der Waals surface area (Å²) in [7, 11) is -3.45. The van der Waals surface area contributed by atoms with Crippen molar-refractivity contribution in [2.24, 2.45) is 0 Å². The maximum Gasteiger partial charge on any atom is 0.279 e. The summed E-state index contributed by atoms with van der Waals surface area (Å²) in [5, 5.41) is 2.80. The van der Waals surface area contributed by atoms with Gasteiger partial charge in [-0.05, 0) is 44.9 Å². The van der Waals surface area contributed by atoms with Crippen LogP contribution in [0.1, 0.15) is 26.7 Å². The Labute approximate surface area is 138 Å². The number of sulfonamides is 1. The average molecular weight is 340 g/mol. The zero-order valence-corrected chi connectivity index (χ0v) is 14.7. The molecule has 6 nitrogen and oxygen atoms in total. The van der Waals surface area contributed by atoms with E-state index in [1.807, 2.05) is 13.8 Å². The summed E-state index contributed by atoms with van der Waals surface area (Å²) < 4.78 is 26.6. The summed E-state index contributed by atoms with van der Waals surface area (Å²) in [6, 6.07) is 6.52. The number of nitrogens with zero attached hydrogens (tertiary/aromatic N) is 1. The second kappa shape index (κ2) is 7.90. The Morgan fingerprint density at radius 2 is 1.87 bits per heavy atom. The van der Waals surface area contributed by atoms with Crippen LogP contribution >= 0.6 is 0 Å². The van der Waals surface area contributed by atoms with Gasteiger partial charge in [0.1, 0.15) is 0 Å². The second-order valence-electron chi connectivity index (χ2n) is 5.82. The van der Waals surface area contributed by atoms with Crippen molar-refractivity contribution in [1.29, 1.82) is 0 Å². The Morgan fingerprint density at radius 1 is 1.22 bits per heavy atom. The van der Waals surface area contributed by atoms with E-state index in [9.17, 15) is 13.2 Å². The van der Waals surface area contributed by atoms with E-state index in [1.165, 1.54) is 9.21 Å². The van der Waals surface area contributed by atoms with E-state index in [2.05, 4.69) is 5.32 Å². The molecule has 0 aliphatic carbocycles. The van der Waals surface area contributed by atoms with E-state index < -0.39 is 10.0 Å². The normalized spacial score (nSPS) is 16.0. The average Bonchev–Trinajstić information content (AvgIpc) is 3.08. The van der Waals surface area contributed by atoms with Gasteiger partial charge in [-0.3, -0.25) is 4.79 Å². The van der Waals surface area contributed by atoms with Crippen molar-refractivity contribution in [1.82, 2.24) is 4.31 Å². The summed E-state index contributed by atoms with van der Waals surface area (Å²) in [5.41, 5.74) is 0.529. The van der Waals surface area contributed by atoms with Crippen molar-refractivity contribution >= 4 is 21.6 Å². The first-order chi connectivity index (χ1) is 11.0. The third-order valence-corrected chi connectivity index (χ3v) is 6.13. The van der Waals surface area contributed by atoms with Gasteiger partial charge in [0.2, 0.25) is 10.0 Å². The number of hydrogen-bond donors (Lipinski definition) is 2. The lowest BCUT2D eigenvalue weighted by atomic mass is 10.3. The fourth-order valence-electron chi connectivity index (χ4n) is 2.74. The highest BCUT2D eigenvalue weighted by molar-refractivity contribution is 7.89. The molecule has 0 bridgehead atoms. The van der Waals surface area contributed by atoms with Crippen LogP contribution in [0.2, 0.25) is 0 Å². The first-order valence-electron chi connectivity index (χ1n) is 8.21. The van der Waals surface area contributed by atoms with Gasteiger partial charge in [0.25, 0.3) is 5.91 Å². The van der Waals surface area contributed by atoms with Crippen LogP contribution in [0, 0.1) is 0 Å². The van der Waals surface area contributed by atoms with Crippen LogP contribution in [0.4, 0.5) is 5.69 Å². The standard InChI is InChI=1S/C16H25N3O3S/c1-3-18(4-2)13-16(20)17-14-8-7-9-15(12-14)23(21,22)19-10-5-6-11-19/h7-9,12H,3-6,10-11,13H2,1-2H3,(H,17,20)/p+1. The van der Waals surface area contributed by atoms with Gasteiger partial charge in [0.15, 0.2) is 6.54 Å². The number of nitrogens with one attached hydrogen (secondary N) is 2. The lowest BCUT2D eigenvalue weighted by molar-refractivity contribution is -0.888. The number of hydrogen-bond acceptors (Lipinski definition) is 3. The van der Waals surface area contributed by atoms with Crippen molar-refractivity contribution in [3.8, 4) is 0 Å². The molecule has 2 N–H and O–H groups in total. The molecule has 0 atom stereocenters. The number of carbonyl (C=O) groups is 1. The van der Waals surface area contributed by atoms with Crippen molar-refractivity contribution in [2.75, 3.05) is 38.0 Å². The van der Waals surface area contributed by atoms with Crippen molar-refractivity contribution in [3.63, 3.8) is 0 Å². The zero-order valence-electron chi connectivity index (χ0n) is 13.8. The summed E-state index contributed by atoms with van der Waals surface area (Å²) in [6.07, 6.45) is 1.81. The van der Waals surface area contributed by atoms with Crippen molar-refractivity contribution < 1.29 is 18.1 Å². The molecule has 1 saturated heterocycles. The Morgan fingerprint density at radius 3 is 2.48 bits per heavy atom. The van der Waals surface area contributed by atoms with Crippen LogP contribution in [-0.4, -0.2) is 51.4 Å². The summed E-state index contributed by atoms with van der Waals surface area (Å²) in [5.74, 6) is -0.0978. The SMILES string of the molecule is CC[NH+](CC)CC(=O)Nc1cccc(S(=O)(=O)N2CCCC2)c1. The van der Waals surface area contributed by atoms with E-state index in [0.29, 0.717) is 25.3 Å². The summed E-state index contributed by atoms with van der Waals surface area (Å²) in [6.45, 7) is 7.37. The highest BCUT2D eigenvalue weighted by Gasteiger charge is 2.27. The molecule has 2 rings (SSSR count). The molecule has 7 heteroatoms. The van der Waals surface area contributed by atoms with Gasteiger partial charge in [0, 0.05) is 18.8 Å². The van der Waals surface area contributed by atoms with Gasteiger partial charge >= 0.3 is 0 Å². The molecule has 1 aliphatic heterocycles. The molecule has 0 unspecified atom stereocenters. The van der Waals surface area contributed by atoms with Crippen molar-refractivity contribution in [3.05, 3.63) is 24.3 Å². The van der Waals surface area contributed by atoms with Crippen molar-refractivity contribution in [2.45, 2.75) is 31.6 Å². The minimum Gasteiger partial charge on any atom is -0.328 e. The maximum atomic E-state index is 12.6. The smallest absolute Gasteiger partial charge is 0.279 e. The van der Waals surface area contributed by atoms with Crippen LogP contribution in [-0.2, 0) is 14.8 Å². The Hall–Kier alpha value is -1.44. The molecule has 1 aliphatic rings. The molecule has 1 fully saturated rings. The van der Waals surface area contributed by atoms with Crippen LogP contribution < -0.4 is 10.2 Å². The lowest BCUT2D eigenvalue weighted by Gasteiger charge is -2.17. The van der Waals surface area contributed by atoms with Crippen LogP contribution in [0.3, 0.4) is 0 Å². The largest absolute Gasteiger partial charge is 0.328 e. The predicted molar refractivity (Wildman–Crippen MR) is 90.0 cm³/mol. The number of carbonyl (C=O) groups excluding carboxylic acids is 1. The lowest BCUT2D eigenvalue weighted by Crippen LogP contribution is -3.12. The fourth-order valence-corrected chi connectivity index (χ4v) is 4.31. The molecule has 1 aromatic carbocycles. The predicted octanol–water partition coefficient (Wildman–Crippen LogP) is 0.334. The number of likely N-dealkylation sites (N-methyl/N-ethyl adjacent to an activating group) is 1. The van der Waals surface area contributed by atoms with E-state index in [4.69, 9.17) is 0 Å². The van der Waals surface area contributed by atoms with E-state index in [-0.39, 0.29) is 10.8 Å². The van der Waals surface area contributed by atoms with Crippen LogP contribution in [0.5, 0.6) is 0 Å². The molecule has 0 aromatic heterocycles. The molecule has 128 valence electrons. The highest BCUT2D eigenvalue weighted by Crippen LogP contribution is 2.22. The quantitative estimate of drug-likeness (QED) is 0.752. The second-order valence-corrected chi connectivity index (χ2v) is 7.76. The number of amides is 1. The third-order valence-electron chi connectivity index (χ3n) is 4.23. The summed E-state index contributed by atoms with van der Waals surface area (Å²) >= 11 is 0. The zero-order chi connectivity index (χ0) is 16.9. The molecular weight excluding hydrogens is 314 g/mol. The summed E-state index contributed by atoms with van der Waals surface area (Å²) in [4.78, 5) is 13.5. The van der Waals surface area contributed by atoms with Gasteiger partial charge < -0.3 is 10.2 Å². The molecular formula is C16H26N3O3S+. The van der Waals surface area contributed by atoms with Gasteiger partial charge in [-0.25, -0.2) is 8.42 Å². The molecule has 0 radical (unpaired) electrons. The van der Waals surface area contributed by atoms with E-state index in [0.717, 1.165) is 25.9 Å². The molecule has 23 heavy (non-hydrogen) atoms. The van der Waals surface area contributed by atoms with E-state index >= 15 is 0 Å². The van der Waals surface area contributed by atoms with Crippen LogP contribution in [0.25, 0.3) is 0 Å². The monoisotopic (exact) mass is 340 g/mol. The minimum atomic E-state index is -3.45. The molecule has 0 spiro atoms. The topological polar surface area (TPSA) is 70.9 Å². The van der Waals surface area contributed by atoms with Gasteiger partial charge in [-0.1, -0.05) is 6.07 Å². The maximum absolute atomic E-state index is 12.6. The van der Waals surface area contributed by atoms with Gasteiger partial charge in [-0.2, -0.15) is 4.31 Å². The first kappa shape index (κ1) is 17.9. The van der Waals surface area contributed by atoms with Gasteiger partial charge in [-0.15, -0.1) is 0 Å². The minimum absolute atomic E-state index is 0.0978. The highest BCUT2D eigenvalue weighted by atomic mass is 32.2. The van der Waals surface area contributed by atoms with Crippen LogP contribution in [0.15, 0.2) is 29.2 Å². The molecule has 1 amide bonds. The Bertz CT molecular complexity index is 636. The number of anilines is 1. The number of rotatable bonds is 7. The Balaban J connectivity index is 2.09. The first-order valence-corrected chi connectivity index (χ1v) is 9.65. The number of quaternary nitrogens is 1. The fraction of sp³-hybridized carbons (Fsp3) is 0.562. The van der Waals surface area contributed by atoms with Gasteiger partial charge in [0.05, 0.1) is 18.0 Å². The third kappa shape index (κ3) is 4.53. The molecule has 1 heterocycles. The Kier molecular flexibility index (Phi) is 6.15. The van der Waals surface area contributed by atoms with E-state index in [1.54, 1.807) is 24.3 Å². The molecule has 0 saturated carbocycles. The molecule has 1 aromatic rings.